The van der Waals surface area contributed by atoms with Crippen molar-refractivity contribution < 1.29 is 13.2 Å². The van der Waals surface area contributed by atoms with E-state index in [1.807, 2.05) is 0 Å². The topological polar surface area (TPSA) is 12.9 Å². The van der Waals surface area contributed by atoms with Crippen LogP contribution < -0.4 is 0 Å². The molecule has 4 heteroatoms. The molecule has 76 valence electrons. The van der Waals surface area contributed by atoms with Crippen molar-refractivity contribution in [3.8, 4) is 11.3 Å². The van der Waals surface area contributed by atoms with Crippen molar-refractivity contribution in [3.05, 3.63) is 54.0 Å². The van der Waals surface area contributed by atoms with E-state index in [2.05, 4.69) is 4.98 Å². The molecule has 1 nitrogen and oxygen atoms in total. The first-order chi connectivity index (χ1) is 7.18. The summed E-state index contributed by atoms with van der Waals surface area (Å²) in [6, 6.07) is 6.15. The molecule has 0 unspecified atom stereocenters. The molecule has 0 saturated heterocycles. The zero-order valence-electron chi connectivity index (χ0n) is 7.55. The minimum absolute atomic E-state index is 0.173. The van der Waals surface area contributed by atoms with Gasteiger partial charge in [0.05, 0.1) is 5.69 Å². The second kappa shape index (κ2) is 3.73. The van der Waals surface area contributed by atoms with Gasteiger partial charge in [-0.05, 0) is 18.2 Å². The fourth-order valence-electron chi connectivity index (χ4n) is 1.26. The molecule has 0 spiro atoms. The monoisotopic (exact) mass is 209 g/mol. The van der Waals surface area contributed by atoms with Gasteiger partial charge in [-0.25, -0.2) is 13.2 Å². The molecule has 1 heterocycles. The standard InChI is InChI=1S/C11H6F3N/c12-7-5-8(11(14)9(13)6-7)10-3-1-2-4-15-10/h1-6H. The Kier molecular flexibility index (Phi) is 2.41. The molecule has 2 aromatic rings. The van der Waals surface area contributed by atoms with Gasteiger partial charge >= 0.3 is 0 Å². The van der Waals surface area contributed by atoms with E-state index >= 15 is 0 Å². The van der Waals surface area contributed by atoms with Crippen molar-refractivity contribution >= 4 is 0 Å². The average Bonchev–Trinajstić information content (AvgIpc) is 2.24. The number of hydrogen-bond acceptors (Lipinski definition) is 1. The zero-order valence-corrected chi connectivity index (χ0v) is 7.55. The van der Waals surface area contributed by atoms with Crippen molar-refractivity contribution in [3.63, 3.8) is 0 Å². The summed E-state index contributed by atoms with van der Waals surface area (Å²) in [7, 11) is 0. The number of pyridine rings is 1. The van der Waals surface area contributed by atoms with Gasteiger partial charge in [-0.2, -0.15) is 0 Å². The van der Waals surface area contributed by atoms with Crippen LogP contribution in [0.25, 0.3) is 11.3 Å². The maximum Gasteiger partial charge on any atom is 0.168 e. The lowest BCUT2D eigenvalue weighted by Gasteiger charge is -2.03. The van der Waals surface area contributed by atoms with Crippen molar-refractivity contribution in [2.45, 2.75) is 0 Å². The van der Waals surface area contributed by atoms with Crippen LogP contribution in [0.1, 0.15) is 0 Å². The summed E-state index contributed by atoms with van der Waals surface area (Å²) in [6.07, 6.45) is 1.43. The number of halogens is 3. The predicted octanol–water partition coefficient (Wildman–Crippen LogP) is 3.17. The van der Waals surface area contributed by atoms with Crippen molar-refractivity contribution in [2.24, 2.45) is 0 Å². The highest BCUT2D eigenvalue weighted by molar-refractivity contribution is 5.59. The molecular weight excluding hydrogens is 203 g/mol. The smallest absolute Gasteiger partial charge is 0.168 e. The van der Waals surface area contributed by atoms with Gasteiger partial charge in [0.2, 0.25) is 0 Å². The quantitative estimate of drug-likeness (QED) is 0.657. The second-order valence-corrected chi connectivity index (χ2v) is 2.96. The fraction of sp³-hybridized carbons (Fsp3) is 0. The summed E-state index contributed by atoms with van der Waals surface area (Å²) in [5, 5.41) is 0. The highest BCUT2D eigenvalue weighted by Crippen LogP contribution is 2.23. The average molecular weight is 209 g/mol. The molecule has 0 atom stereocenters. The summed E-state index contributed by atoms with van der Waals surface area (Å²) in [6.45, 7) is 0. The van der Waals surface area contributed by atoms with Gasteiger partial charge in [0.1, 0.15) is 5.82 Å². The summed E-state index contributed by atoms with van der Waals surface area (Å²) in [5.41, 5.74) is 0.0292. The van der Waals surface area contributed by atoms with Gasteiger partial charge < -0.3 is 0 Å². The Morgan fingerprint density at radius 2 is 1.80 bits per heavy atom. The molecule has 15 heavy (non-hydrogen) atoms. The van der Waals surface area contributed by atoms with Crippen molar-refractivity contribution in [1.29, 1.82) is 0 Å². The van der Waals surface area contributed by atoms with Gasteiger partial charge in [0.15, 0.2) is 11.6 Å². The Balaban J connectivity index is 2.63. The lowest BCUT2D eigenvalue weighted by molar-refractivity contribution is 0.497. The molecule has 0 aliphatic carbocycles. The summed E-state index contributed by atoms with van der Waals surface area (Å²) in [5.74, 6) is -3.12. The third-order valence-corrected chi connectivity index (χ3v) is 1.93. The Hall–Kier alpha value is -1.84. The van der Waals surface area contributed by atoms with Gasteiger partial charge in [0.25, 0.3) is 0 Å². The van der Waals surface area contributed by atoms with Crippen LogP contribution in [0.4, 0.5) is 13.2 Å². The lowest BCUT2D eigenvalue weighted by Crippen LogP contribution is -1.93. The Bertz CT molecular complexity index is 483. The molecule has 0 aliphatic rings. The Morgan fingerprint density at radius 1 is 1.00 bits per heavy atom. The molecule has 2 rings (SSSR count). The Labute approximate surface area is 84.2 Å². The molecule has 0 bridgehead atoms. The maximum atomic E-state index is 13.3. The summed E-state index contributed by atoms with van der Waals surface area (Å²) in [4.78, 5) is 3.82. The first kappa shape index (κ1) is 9.71. The van der Waals surface area contributed by atoms with Crippen LogP contribution in [0, 0.1) is 17.5 Å². The van der Waals surface area contributed by atoms with Crippen LogP contribution in [-0.4, -0.2) is 4.98 Å². The van der Waals surface area contributed by atoms with Crippen molar-refractivity contribution in [1.82, 2.24) is 4.98 Å². The van der Waals surface area contributed by atoms with Crippen LogP contribution in [0.15, 0.2) is 36.5 Å². The molecular formula is C11H6F3N. The second-order valence-electron chi connectivity index (χ2n) is 2.96. The number of aromatic nitrogens is 1. The SMILES string of the molecule is Fc1cc(F)c(F)c(-c2ccccn2)c1. The maximum absolute atomic E-state index is 13.3. The minimum Gasteiger partial charge on any atom is -0.256 e. The zero-order chi connectivity index (χ0) is 10.8. The molecule has 0 radical (unpaired) electrons. The molecule has 0 saturated carbocycles. The predicted molar refractivity (Wildman–Crippen MR) is 49.5 cm³/mol. The number of hydrogen-bond donors (Lipinski definition) is 0. The number of nitrogens with zero attached hydrogens (tertiary/aromatic N) is 1. The lowest BCUT2D eigenvalue weighted by atomic mass is 10.1. The van der Waals surface area contributed by atoms with Gasteiger partial charge in [0, 0.05) is 17.8 Å². The largest absolute Gasteiger partial charge is 0.256 e. The molecule has 1 aromatic carbocycles. The summed E-state index contributed by atoms with van der Waals surface area (Å²) >= 11 is 0. The number of benzene rings is 1. The van der Waals surface area contributed by atoms with E-state index in [-0.39, 0.29) is 11.3 Å². The van der Waals surface area contributed by atoms with Gasteiger partial charge in [-0.3, -0.25) is 4.98 Å². The number of rotatable bonds is 1. The third kappa shape index (κ3) is 1.83. The highest BCUT2D eigenvalue weighted by Gasteiger charge is 2.12. The first-order valence-electron chi connectivity index (χ1n) is 4.24. The van der Waals surface area contributed by atoms with E-state index in [4.69, 9.17) is 0 Å². The highest BCUT2D eigenvalue weighted by atomic mass is 19.2. The van der Waals surface area contributed by atoms with Crippen LogP contribution in [0.5, 0.6) is 0 Å². The van der Waals surface area contributed by atoms with E-state index in [1.54, 1.807) is 12.1 Å². The Morgan fingerprint density at radius 3 is 2.47 bits per heavy atom. The normalized spacial score (nSPS) is 10.3. The van der Waals surface area contributed by atoms with Crippen LogP contribution in [-0.2, 0) is 0 Å². The minimum atomic E-state index is -1.21. The molecule has 0 aliphatic heterocycles. The summed E-state index contributed by atoms with van der Waals surface area (Å²) < 4.78 is 39.0. The van der Waals surface area contributed by atoms with E-state index in [0.29, 0.717) is 6.07 Å². The fourth-order valence-corrected chi connectivity index (χ4v) is 1.26. The molecule has 1 aromatic heterocycles. The third-order valence-electron chi connectivity index (χ3n) is 1.93. The van der Waals surface area contributed by atoms with E-state index < -0.39 is 17.5 Å². The van der Waals surface area contributed by atoms with Crippen LogP contribution in [0.3, 0.4) is 0 Å². The van der Waals surface area contributed by atoms with Crippen molar-refractivity contribution in [2.75, 3.05) is 0 Å². The van der Waals surface area contributed by atoms with E-state index in [9.17, 15) is 13.2 Å². The molecule has 0 fully saturated rings. The van der Waals surface area contributed by atoms with E-state index in [1.165, 1.54) is 12.3 Å². The van der Waals surface area contributed by atoms with Gasteiger partial charge in [-0.1, -0.05) is 6.07 Å². The van der Waals surface area contributed by atoms with E-state index in [0.717, 1.165) is 6.07 Å². The molecule has 0 N–H and O–H groups in total. The van der Waals surface area contributed by atoms with Crippen LogP contribution in [0.2, 0.25) is 0 Å². The first-order valence-corrected chi connectivity index (χ1v) is 4.24. The van der Waals surface area contributed by atoms with Crippen LogP contribution >= 0.6 is 0 Å². The van der Waals surface area contributed by atoms with Gasteiger partial charge in [-0.15, -0.1) is 0 Å². The molecule has 0 amide bonds.